The first-order valence-corrected chi connectivity index (χ1v) is 6.78. The van der Waals surface area contributed by atoms with Gasteiger partial charge in [0.2, 0.25) is 5.91 Å². The lowest BCUT2D eigenvalue weighted by atomic mass is 9.99. The van der Waals surface area contributed by atoms with E-state index in [-0.39, 0.29) is 18.1 Å². The van der Waals surface area contributed by atoms with Gasteiger partial charge < -0.3 is 9.64 Å². The van der Waals surface area contributed by atoms with E-state index in [2.05, 4.69) is 0 Å². The van der Waals surface area contributed by atoms with Crippen LogP contribution in [-0.2, 0) is 9.53 Å². The molecule has 3 nitrogen and oxygen atoms in total. The highest BCUT2D eigenvalue weighted by atomic mass is 19.4. The number of rotatable bonds is 4. The van der Waals surface area contributed by atoms with E-state index >= 15 is 0 Å². The van der Waals surface area contributed by atoms with Crippen LogP contribution in [0.15, 0.2) is 0 Å². The van der Waals surface area contributed by atoms with Crippen LogP contribution in [0.4, 0.5) is 13.2 Å². The van der Waals surface area contributed by atoms with E-state index in [0.717, 1.165) is 17.7 Å². The summed E-state index contributed by atoms with van der Waals surface area (Å²) in [5.74, 6) is -0.603. The zero-order valence-electron chi connectivity index (χ0n) is 11.2. The van der Waals surface area contributed by atoms with Crippen molar-refractivity contribution in [2.24, 2.45) is 11.8 Å². The lowest BCUT2D eigenvalue weighted by molar-refractivity contribution is -0.169. The maximum Gasteiger partial charge on any atom is 0.406 e. The SMILES string of the molecule is C[C@@H]1OCC[C@H]1C(=O)N(CC(F)(F)F)[C@@H](C)C1CC1. The highest BCUT2D eigenvalue weighted by molar-refractivity contribution is 5.80. The molecular weight excluding hydrogens is 259 g/mol. The van der Waals surface area contributed by atoms with Crippen molar-refractivity contribution in [3.05, 3.63) is 0 Å². The van der Waals surface area contributed by atoms with Gasteiger partial charge in [0, 0.05) is 12.6 Å². The fourth-order valence-electron chi connectivity index (χ4n) is 2.72. The molecule has 1 saturated heterocycles. The number of hydrogen-bond donors (Lipinski definition) is 0. The van der Waals surface area contributed by atoms with Crippen molar-refractivity contribution in [2.75, 3.05) is 13.2 Å². The molecule has 0 unspecified atom stereocenters. The molecule has 1 saturated carbocycles. The van der Waals surface area contributed by atoms with Crippen LogP contribution in [0.3, 0.4) is 0 Å². The predicted molar refractivity (Wildman–Crippen MR) is 63.5 cm³/mol. The lowest BCUT2D eigenvalue weighted by Crippen LogP contribution is -2.49. The summed E-state index contributed by atoms with van der Waals surface area (Å²) in [5, 5.41) is 0. The van der Waals surface area contributed by atoms with Crippen LogP contribution >= 0.6 is 0 Å². The summed E-state index contributed by atoms with van der Waals surface area (Å²) in [5.41, 5.74) is 0. The van der Waals surface area contributed by atoms with Gasteiger partial charge >= 0.3 is 6.18 Å². The molecule has 1 heterocycles. The van der Waals surface area contributed by atoms with Gasteiger partial charge in [-0.2, -0.15) is 13.2 Å². The van der Waals surface area contributed by atoms with Gasteiger partial charge in [0.15, 0.2) is 0 Å². The number of carbonyl (C=O) groups excluding carboxylic acids is 1. The fraction of sp³-hybridized carbons (Fsp3) is 0.923. The Hall–Kier alpha value is -0.780. The third-order valence-corrected chi connectivity index (χ3v) is 4.12. The van der Waals surface area contributed by atoms with Gasteiger partial charge in [-0.05, 0) is 39.0 Å². The van der Waals surface area contributed by atoms with Crippen LogP contribution in [-0.4, -0.2) is 42.3 Å². The summed E-state index contributed by atoms with van der Waals surface area (Å²) in [4.78, 5) is 13.4. The van der Waals surface area contributed by atoms with Crippen molar-refractivity contribution in [2.45, 2.75) is 51.4 Å². The molecule has 0 N–H and O–H groups in total. The van der Waals surface area contributed by atoms with Crippen molar-refractivity contribution >= 4 is 5.91 Å². The van der Waals surface area contributed by atoms with Crippen molar-refractivity contribution in [1.82, 2.24) is 4.90 Å². The normalized spacial score (nSPS) is 29.3. The molecule has 0 aromatic rings. The summed E-state index contributed by atoms with van der Waals surface area (Å²) in [7, 11) is 0. The lowest BCUT2D eigenvalue weighted by Gasteiger charge is -2.33. The monoisotopic (exact) mass is 279 g/mol. The fourth-order valence-corrected chi connectivity index (χ4v) is 2.72. The molecule has 0 aromatic carbocycles. The molecule has 1 amide bonds. The Kier molecular flexibility index (Phi) is 4.08. The number of hydrogen-bond acceptors (Lipinski definition) is 2. The molecule has 0 radical (unpaired) electrons. The topological polar surface area (TPSA) is 29.5 Å². The summed E-state index contributed by atoms with van der Waals surface area (Å²) in [6.45, 7) is 2.78. The van der Waals surface area contributed by atoms with E-state index in [9.17, 15) is 18.0 Å². The second-order valence-corrected chi connectivity index (χ2v) is 5.63. The van der Waals surface area contributed by atoms with Crippen molar-refractivity contribution < 1.29 is 22.7 Å². The average molecular weight is 279 g/mol. The second-order valence-electron chi connectivity index (χ2n) is 5.63. The van der Waals surface area contributed by atoms with Gasteiger partial charge in [-0.3, -0.25) is 4.79 Å². The summed E-state index contributed by atoms with van der Waals surface area (Å²) in [6, 6.07) is -0.332. The van der Waals surface area contributed by atoms with E-state index in [1.165, 1.54) is 0 Å². The van der Waals surface area contributed by atoms with Crippen LogP contribution in [0.25, 0.3) is 0 Å². The van der Waals surface area contributed by atoms with Gasteiger partial charge in [0.25, 0.3) is 0 Å². The van der Waals surface area contributed by atoms with Crippen molar-refractivity contribution in [3.8, 4) is 0 Å². The van der Waals surface area contributed by atoms with Gasteiger partial charge in [-0.1, -0.05) is 0 Å². The number of ether oxygens (including phenoxy) is 1. The third-order valence-electron chi connectivity index (χ3n) is 4.12. The number of carbonyl (C=O) groups is 1. The van der Waals surface area contributed by atoms with E-state index in [1.54, 1.807) is 13.8 Å². The van der Waals surface area contributed by atoms with Crippen molar-refractivity contribution in [3.63, 3.8) is 0 Å². The molecule has 0 bridgehead atoms. The molecule has 0 spiro atoms. The maximum atomic E-state index is 12.7. The Balaban J connectivity index is 2.09. The molecule has 1 aliphatic heterocycles. The largest absolute Gasteiger partial charge is 0.406 e. The Morgan fingerprint density at radius 3 is 2.42 bits per heavy atom. The third kappa shape index (κ3) is 3.61. The number of nitrogens with zero attached hydrogens (tertiary/aromatic N) is 1. The molecule has 0 aromatic heterocycles. The highest BCUT2D eigenvalue weighted by Crippen LogP contribution is 2.37. The Morgan fingerprint density at radius 1 is 1.37 bits per heavy atom. The number of amides is 1. The van der Waals surface area contributed by atoms with E-state index in [0.29, 0.717) is 13.0 Å². The summed E-state index contributed by atoms with van der Waals surface area (Å²) < 4.78 is 43.3. The highest BCUT2D eigenvalue weighted by Gasteiger charge is 2.44. The molecule has 6 heteroatoms. The smallest absolute Gasteiger partial charge is 0.378 e. The van der Waals surface area contributed by atoms with Gasteiger partial charge in [-0.15, -0.1) is 0 Å². The number of alkyl halides is 3. The van der Waals surface area contributed by atoms with Crippen LogP contribution in [0, 0.1) is 11.8 Å². The van der Waals surface area contributed by atoms with Crippen LogP contribution in [0.5, 0.6) is 0 Å². The zero-order valence-corrected chi connectivity index (χ0v) is 11.2. The van der Waals surface area contributed by atoms with Gasteiger partial charge in [-0.25, -0.2) is 0 Å². The minimum atomic E-state index is -4.35. The zero-order chi connectivity index (χ0) is 14.2. The first kappa shape index (κ1) is 14.6. The van der Waals surface area contributed by atoms with Crippen molar-refractivity contribution in [1.29, 1.82) is 0 Å². The van der Waals surface area contributed by atoms with Crippen LogP contribution in [0.2, 0.25) is 0 Å². The van der Waals surface area contributed by atoms with E-state index in [1.807, 2.05) is 0 Å². The molecular formula is C13H20F3NO2. The minimum absolute atomic E-state index is 0.226. The minimum Gasteiger partial charge on any atom is -0.378 e. The Morgan fingerprint density at radius 2 is 2.00 bits per heavy atom. The average Bonchev–Trinajstić information content (AvgIpc) is 3.06. The summed E-state index contributed by atoms with van der Waals surface area (Å²) in [6.07, 6.45) is -2.28. The first-order valence-electron chi connectivity index (χ1n) is 6.78. The van der Waals surface area contributed by atoms with Gasteiger partial charge in [0.1, 0.15) is 6.54 Å². The molecule has 2 aliphatic rings. The van der Waals surface area contributed by atoms with Crippen LogP contribution < -0.4 is 0 Å². The van der Waals surface area contributed by atoms with Crippen LogP contribution in [0.1, 0.15) is 33.1 Å². The Labute approximate surface area is 111 Å². The molecule has 2 fully saturated rings. The molecule has 19 heavy (non-hydrogen) atoms. The Bertz CT molecular complexity index is 341. The van der Waals surface area contributed by atoms with E-state index in [4.69, 9.17) is 4.74 Å². The standard InChI is InChI=1S/C13H20F3NO2/c1-8(10-3-4-10)17(7-13(14,15)16)12(18)11-5-6-19-9(11)2/h8-11H,3-7H2,1-2H3/t8-,9-,11+/m0/s1. The first-order chi connectivity index (χ1) is 8.79. The van der Waals surface area contributed by atoms with E-state index < -0.39 is 24.5 Å². The maximum absolute atomic E-state index is 12.7. The molecule has 3 atom stereocenters. The summed E-state index contributed by atoms with van der Waals surface area (Å²) >= 11 is 0. The van der Waals surface area contributed by atoms with Gasteiger partial charge in [0.05, 0.1) is 12.0 Å². The molecule has 2 rings (SSSR count). The second kappa shape index (κ2) is 5.31. The predicted octanol–water partition coefficient (Wildman–Crippen LogP) is 2.60. The number of halogens is 3. The molecule has 1 aliphatic carbocycles. The molecule has 110 valence electrons. The quantitative estimate of drug-likeness (QED) is 0.791.